The molecule has 0 bridgehead atoms. The molecule has 1 rings (SSSR count). The zero-order valence-corrected chi connectivity index (χ0v) is 13.5. The molecule has 0 aliphatic carbocycles. The fourth-order valence-electron chi connectivity index (χ4n) is 2.01. The van der Waals surface area contributed by atoms with E-state index in [1.165, 1.54) is 0 Å². The minimum absolute atomic E-state index is 0.0745. The lowest BCUT2D eigenvalue weighted by molar-refractivity contribution is -0.122. The molecular formula is C17H27N3O2. The lowest BCUT2D eigenvalue weighted by Crippen LogP contribution is -2.39. The molecule has 1 unspecified atom stereocenters. The largest absolute Gasteiger partial charge is 0.352 e. The Morgan fingerprint density at radius 2 is 1.95 bits per heavy atom. The topological polar surface area (TPSA) is 84.2 Å². The van der Waals surface area contributed by atoms with Crippen LogP contribution in [0.3, 0.4) is 0 Å². The summed E-state index contributed by atoms with van der Waals surface area (Å²) in [6, 6.07) is 6.80. The molecule has 2 amide bonds. The van der Waals surface area contributed by atoms with E-state index in [1.54, 1.807) is 12.1 Å². The normalized spacial score (nSPS) is 11.8. The van der Waals surface area contributed by atoms with E-state index in [-0.39, 0.29) is 11.8 Å². The Morgan fingerprint density at radius 1 is 1.18 bits per heavy atom. The van der Waals surface area contributed by atoms with Crippen molar-refractivity contribution in [1.82, 2.24) is 10.6 Å². The van der Waals surface area contributed by atoms with Crippen molar-refractivity contribution in [2.24, 2.45) is 5.73 Å². The minimum atomic E-state index is -0.481. The van der Waals surface area contributed by atoms with Crippen molar-refractivity contribution in [3.05, 3.63) is 35.4 Å². The maximum Gasteiger partial charge on any atom is 0.251 e. The van der Waals surface area contributed by atoms with Crippen LogP contribution in [-0.2, 0) is 11.3 Å². The predicted molar refractivity (Wildman–Crippen MR) is 88.4 cm³/mol. The minimum Gasteiger partial charge on any atom is -0.352 e. The monoisotopic (exact) mass is 305 g/mol. The second-order valence-corrected chi connectivity index (χ2v) is 5.40. The summed E-state index contributed by atoms with van der Waals surface area (Å²) >= 11 is 0. The first-order chi connectivity index (χ1) is 10.6. The summed E-state index contributed by atoms with van der Waals surface area (Å²) in [5.41, 5.74) is 7.16. The fraction of sp³-hybridized carbons (Fsp3) is 0.529. The van der Waals surface area contributed by atoms with Crippen molar-refractivity contribution < 1.29 is 9.59 Å². The van der Waals surface area contributed by atoms with Crippen molar-refractivity contribution >= 4 is 11.8 Å². The molecule has 0 aliphatic heterocycles. The van der Waals surface area contributed by atoms with Gasteiger partial charge in [0, 0.05) is 18.7 Å². The Kier molecular flexibility index (Phi) is 8.22. The standard InChI is InChI=1S/C17H27N3O2/c1-3-5-6-10-19-16(21)14-9-7-8-13(11-14)12-20-17(22)15(18)4-2/h7-9,11,15H,3-6,10,12,18H2,1-2H3,(H,19,21)(H,20,22). The summed E-state index contributed by atoms with van der Waals surface area (Å²) in [7, 11) is 0. The Morgan fingerprint density at radius 3 is 2.64 bits per heavy atom. The van der Waals surface area contributed by atoms with E-state index in [0.717, 1.165) is 24.8 Å². The summed E-state index contributed by atoms with van der Waals surface area (Å²) in [6.45, 7) is 5.07. The highest BCUT2D eigenvalue weighted by atomic mass is 16.2. The number of rotatable bonds is 9. The molecule has 0 saturated heterocycles. The van der Waals surface area contributed by atoms with Crippen LogP contribution in [0.25, 0.3) is 0 Å². The lowest BCUT2D eigenvalue weighted by atomic mass is 10.1. The molecule has 5 heteroatoms. The zero-order valence-electron chi connectivity index (χ0n) is 13.5. The zero-order chi connectivity index (χ0) is 16.4. The number of amides is 2. The first-order valence-corrected chi connectivity index (χ1v) is 7.98. The van der Waals surface area contributed by atoms with Gasteiger partial charge in [0.25, 0.3) is 5.91 Å². The summed E-state index contributed by atoms with van der Waals surface area (Å²) in [4.78, 5) is 23.7. The fourth-order valence-corrected chi connectivity index (χ4v) is 2.01. The summed E-state index contributed by atoms with van der Waals surface area (Å²) in [5, 5.41) is 5.69. The molecule has 5 nitrogen and oxygen atoms in total. The third-order valence-corrected chi connectivity index (χ3v) is 3.50. The molecule has 1 aromatic carbocycles. The van der Waals surface area contributed by atoms with E-state index in [9.17, 15) is 9.59 Å². The molecule has 0 radical (unpaired) electrons. The van der Waals surface area contributed by atoms with Gasteiger partial charge in [-0.3, -0.25) is 9.59 Å². The number of unbranched alkanes of at least 4 members (excludes halogenated alkanes) is 2. The van der Waals surface area contributed by atoms with Crippen LogP contribution in [0, 0.1) is 0 Å². The highest BCUT2D eigenvalue weighted by molar-refractivity contribution is 5.94. The van der Waals surface area contributed by atoms with Crippen LogP contribution in [-0.4, -0.2) is 24.4 Å². The van der Waals surface area contributed by atoms with E-state index in [0.29, 0.717) is 25.1 Å². The molecule has 0 aromatic heterocycles. The van der Waals surface area contributed by atoms with E-state index in [4.69, 9.17) is 5.73 Å². The van der Waals surface area contributed by atoms with Gasteiger partial charge in [-0.1, -0.05) is 38.8 Å². The van der Waals surface area contributed by atoms with Crippen molar-refractivity contribution in [3.63, 3.8) is 0 Å². The molecule has 0 aliphatic rings. The van der Waals surface area contributed by atoms with Crippen LogP contribution in [0.4, 0.5) is 0 Å². The Labute approximate surface area is 132 Å². The number of hydrogen-bond donors (Lipinski definition) is 3. The smallest absolute Gasteiger partial charge is 0.251 e. The number of benzene rings is 1. The van der Waals surface area contributed by atoms with E-state index in [1.807, 2.05) is 19.1 Å². The summed E-state index contributed by atoms with van der Waals surface area (Å²) in [5.74, 6) is -0.244. The van der Waals surface area contributed by atoms with Gasteiger partial charge in [0.2, 0.25) is 5.91 Å². The van der Waals surface area contributed by atoms with Gasteiger partial charge in [0.15, 0.2) is 0 Å². The summed E-state index contributed by atoms with van der Waals surface area (Å²) < 4.78 is 0. The number of nitrogens with one attached hydrogen (secondary N) is 2. The first kappa shape index (κ1) is 18.2. The maximum absolute atomic E-state index is 12.0. The van der Waals surface area contributed by atoms with Crippen LogP contribution in [0.1, 0.15) is 55.5 Å². The highest BCUT2D eigenvalue weighted by Gasteiger charge is 2.10. The first-order valence-electron chi connectivity index (χ1n) is 7.98. The molecule has 1 aromatic rings. The van der Waals surface area contributed by atoms with Gasteiger partial charge >= 0.3 is 0 Å². The molecule has 122 valence electrons. The lowest BCUT2D eigenvalue weighted by Gasteiger charge is -2.11. The van der Waals surface area contributed by atoms with Crippen molar-refractivity contribution in [2.45, 2.75) is 52.1 Å². The number of carbonyl (C=O) groups is 2. The maximum atomic E-state index is 12.0. The number of nitrogens with two attached hydrogens (primary N) is 1. The Hall–Kier alpha value is -1.88. The average molecular weight is 305 g/mol. The highest BCUT2D eigenvalue weighted by Crippen LogP contribution is 2.06. The van der Waals surface area contributed by atoms with Crippen LogP contribution in [0.15, 0.2) is 24.3 Å². The van der Waals surface area contributed by atoms with E-state index in [2.05, 4.69) is 17.6 Å². The second-order valence-electron chi connectivity index (χ2n) is 5.40. The molecule has 0 heterocycles. The Bertz CT molecular complexity index is 489. The van der Waals surface area contributed by atoms with Gasteiger partial charge in [-0.15, -0.1) is 0 Å². The van der Waals surface area contributed by atoms with Gasteiger partial charge in [0.1, 0.15) is 0 Å². The van der Waals surface area contributed by atoms with Gasteiger partial charge in [-0.05, 0) is 30.5 Å². The van der Waals surface area contributed by atoms with E-state index < -0.39 is 6.04 Å². The second kappa shape index (κ2) is 9.95. The molecule has 1 atom stereocenters. The molecule has 22 heavy (non-hydrogen) atoms. The quantitative estimate of drug-likeness (QED) is 0.610. The molecule has 0 fully saturated rings. The van der Waals surface area contributed by atoms with Crippen molar-refractivity contribution in [1.29, 1.82) is 0 Å². The van der Waals surface area contributed by atoms with E-state index >= 15 is 0 Å². The van der Waals surface area contributed by atoms with Crippen LogP contribution in [0.2, 0.25) is 0 Å². The van der Waals surface area contributed by atoms with Crippen LogP contribution < -0.4 is 16.4 Å². The summed E-state index contributed by atoms with van der Waals surface area (Å²) in [6.07, 6.45) is 3.84. The predicted octanol–water partition coefficient (Wildman–Crippen LogP) is 1.96. The Balaban J connectivity index is 2.51. The molecular weight excluding hydrogens is 278 g/mol. The average Bonchev–Trinajstić information content (AvgIpc) is 2.55. The SMILES string of the molecule is CCCCCNC(=O)c1cccc(CNC(=O)C(N)CC)c1. The molecule has 0 spiro atoms. The van der Waals surface area contributed by atoms with Crippen molar-refractivity contribution in [2.75, 3.05) is 6.54 Å². The van der Waals surface area contributed by atoms with Gasteiger partial charge < -0.3 is 16.4 Å². The third kappa shape index (κ3) is 6.26. The van der Waals surface area contributed by atoms with Crippen molar-refractivity contribution in [3.8, 4) is 0 Å². The molecule has 4 N–H and O–H groups in total. The van der Waals surface area contributed by atoms with Gasteiger partial charge in [-0.25, -0.2) is 0 Å². The number of carbonyl (C=O) groups excluding carboxylic acids is 2. The third-order valence-electron chi connectivity index (χ3n) is 3.50. The number of hydrogen-bond acceptors (Lipinski definition) is 3. The molecule has 0 saturated carbocycles. The van der Waals surface area contributed by atoms with Crippen LogP contribution in [0.5, 0.6) is 0 Å². The van der Waals surface area contributed by atoms with Gasteiger partial charge in [-0.2, -0.15) is 0 Å². The van der Waals surface area contributed by atoms with Gasteiger partial charge in [0.05, 0.1) is 6.04 Å². The van der Waals surface area contributed by atoms with Crippen LogP contribution >= 0.6 is 0 Å².